The van der Waals surface area contributed by atoms with Crippen LogP contribution in [-0.2, 0) is 19.1 Å². The number of halogens is 3. The lowest BCUT2D eigenvalue weighted by atomic mass is 9.80. The molecule has 0 spiro atoms. The van der Waals surface area contributed by atoms with E-state index in [1.54, 1.807) is 20.8 Å². The summed E-state index contributed by atoms with van der Waals surface area (Å²) in [6.45, 7) is 6.32. The Morgan fingerprint density at radius 1 is 1.00 bits per heavy atom. The van der Waals surface area contributed by atoms with Crippen molar-refractivity contribution >= 4 is 11.9 Å². The van der Waals surface area contributed by atoms with Crippen LogP contribution >= 0.6 is 0 Å². The maximum absolute atomic E-state index is 14.6. The molecule has 1 unspecified atom stereocenters. The molecule has 0 bridgehead atoms. The van der Waals surface area contributed by atoms with Crippen molar-refractivity contribution in [3.05, 3.63) is 57.7 Å². The molecular formula is C19H20F3NO4. The second-order valence-corrected chi connectivity index (χ2v) is 6.35. The Kier molecular flexibility index (Phi) is 5.98. The van der Waals surface area contributed by atoms with Crippen LogP contribution < -0.4 is 5.32 Å². The first-order valence-corrected chi connectivity index (χ1v) is 8.21. The predicted molar refractivity (Wildman–Crippen MR) is 90.8 cm³/mol. The zero-order chi connectivity index (χ0) is 20.5. The average molecular weight is 383 g/mol. The van der Waals surface area contributed by atoms with Crippen LogP contribution in [-0.4, -0.2) is 25.2 Å². The van der Waals surface area contributed by atoms with Gasteiger partial charge in [0.15, 0.2) is 17.5 Å². The van der Waals surface area contributed by atoms with Gasteiger partial charge in [0.05, 0.1) is 30.3 Å². The fraction of sp³-hybridized carbons (Fsp3) is 0.368. The highest BCUT2D eigenvalue weighted by atomic mass is 19.2. The third kappa shape index (κ3) is 3.84. The zero-order valence-electron chi connectivity index (χ0n) is 15.6. The molecule has 146 valence electrons. The summed E-state index contributed by atoms with van der Waals surface area (Å²) in [5.74, 6) is -7.52. The van der Waals surface area contributed by atoms with Crippen LogP contribution in [0.4, 0.5) is 13.2 Å². The van der Waals surface area contributed by atoms with Gasteiger partial charge in [-0.05, 0) is 33.8 Å². The minimum absolute atomic E-state index is 0.0837. The normalized spacial score (nSPS) is 17.1. The Morgan fingerprint density at radius 2 is 1.56 bits per heavy atom. The number of esters is 2. The molecule has 1 aliphatic heterocycles. The molecule has 1 aromatic rings. The summed E-state index contributed by atoms with van der Waals surface area (Å²) >= 11 is 0. The number of carbonyl (C=O) groups is 2. The van der Waals surface area contributed by atoms with Crippen molar-refractivity contribution < 1.29 is 32.2 Å². The Labute approximate surface area is 154 Å². The standard InChI is InChI=1S/C19H20F3NO4/c1-8(2)27-19(25)14-10(4)23-9(3)13(18(24)26-5)15(14)11-6-7-12(20)17(22)16(11)21/h6-8,15,23H,1-5H3. The molecule has 1 aromatic carbocycles. The first-order chi connectivity index (χ1) is 12.6. The minimum atomic E-state index is -1.69. The summed E-state index contributed by atoms with van der Waals surface area (Å²) in [7, 11) is 1.12. The van der Waals surface area contributed by atoms with Gasteiger partial charge in [-0.1, -0.05) is 6.07 Å². The number of hydrogen-bond acceptors (Lipinski definition) is 5. The molecule has 5 nitrogen and oxygen atoms in total. The summed E-state index contributed by atoms with van der Waals surface area (Å²) < 4.78 is 51.8. The molecule has 2 rings (SSSR count). The molecule has 0 radical (unpaired) electrons. The van der Waals surface area contributed by atoms with Gasteiger partial charge in [0, 0.05) is 17.0 Å². The molecule has 0 fully saturated rings. The van der Waals surface area contributed by atoms with E-state index in [1.807, 2.05) is 0 Å². The van der Waals surface area contributed by atoms with Gasteiger partial charge in [0.2, 0.25) is 0 Å². The molecule has 0 aromatic heterocycles. The molecule has 0 amide bonds. The fourth-order valence-corrected chi connectivity index (χ4v) is 3.00. The van der Waals surface area contributed by atoms with E-state index in [0.717, 1.165) is 19.2 Å². The molecule has 8 heteroatoms. The molecule has 27 heavy (non-hydrogen) atoms. The van der Waals surface area contributed by atoms with E-state index in [4.69, 9.17) is 9.47 Å². The smallest absolute Gasteiger partial charge is 0.337 e. The van der Waals surface area contributed by atoms with E-state index in [0.29, 0.717) is 11.4 Å². The predicted octanol–water partition coefficient (Wildman–Crippen LogP) is 3.46. The van der Waals surface area contributed by atoms with E-state index in [9.17, 15) is 22.8 Å². The summed E-state index contributed by atoms with van der Waals surface area (Å²) in [5, 5.41) is 2.86. The van der Waals surface area contributed by atoms with Gasteiger partial charge in [-0.2, -0.15) is 0 Å². The number of nitrogens with one attached hydrogen (secondary N) is 1. The van der Waals surface area contributed by atoms with Gasteiger partial charge in [0.25, 0.3) is 0 Å². The summed E-state index contributed by atoms with van der Waals surface area (Å²) in [5.41, 5.74) is 0.0584. The van der Waals surface area contributed by atoms with Crippen molar-refractivity contribution in [3.8, 4) is 0 Å². The van der Waals surface area contributed by atoms with Gasteiger partial charge in [-0.15, -0.1) is 0 Å². The van der Waals surface area contributed by atoms with Crippen molar-refractivity contribution in [2.45, 2.75) is 39.7 Å². The largest absolute Gasteiger partial charge is 0.466 e. The third-order valence-electron chi connectivity index (χ3n) is 4.10. The minimum Gasteiger partial charge on any atom is -0.466 e. The fourth-order valence-electron chi connectivity index (χ4n) is 3.00. The van der Waals surface area contributed by atoms with Crippen LogP contribution in [0.5, 0.6) is 0 Å². The van der Waals surface area contributed by atoms with Gasteiger partial charge in [0.1, 0.15) is 0 Å². The monoisotopic (exact) mass is 383 g/mol. The lowest BCUT2D eigenvalue weighted by molar-refractivity contribution is -0.143. The zero-order valence-corrected chi connectivity index (χ0v) is 15.6. The molecule has 1 aliphatic rings. The van der Waals surface area contributed by atoms with Crippen molar-refractivity contribution in [1.82, 2.24) is 5.32 Å². The van der Waals surface area contributed by atoms with E-state index in [1.165, 1.54) is 6.92 Å². The van der Waals surface area contributed by atoms with Crippen LogP contribution in [0.3, 0.4) is 0 Å². The molecule has 0 saturated heterocycles. The quantitative estimate of drug-likeness (QED) is 0.637. The number of carbonyl (C=O) groups excluding carboxylic acids is 2. The van der Waals surface area contributed by atoms with E-state index < -0.39 is 41.4 Å². The first kappa shape index (κ1) is 20.5. The van der Waals surface area contributed by atoms with Crippen LogP contribution in [0.2, 0.25) is 0 Å². The van der Waals surface area contributed by atoms with E-state index in [2.05, 4.69) is 5.32 Å². The summed E-state index contributed by atoms with van der Waals surface area (Å²) in [6, 6.07) is 1.73. The number of benzene rings is 1. The van der Waals surface area contributed by atoms with Gasteiger partial charge >= 0.3 is 11.9 Å². The van der Waals surface area contributed by atoms with Gasteiger partial charge in [-0.25, -0.2) is 22.8 Å². The van der Waals surface area contributed by atoms with Crippen LogP contribution in [0.25, 0.3) is 0 Å². The number of hydrogen-bond donors (Lipinski definition) is 1. The SMILES string of the molecule is COC(=O)C1=C(C)NC(C)=C(C(=O)OC(C)C)C1c1ccc(F)c(F)c1F. The van der Waals surface area contributed by atoms with Crippen LogP contribution in [0.15, 0.2) is 34.7 Å². The lowest BCUT2D eigenvalue weighted by Gasteiger charge is -2.30. The Hall–Kier alpha value is -2.77. The number of allylic oxidation sites excluding steroid dienone is 2. The van der Waals surface area contributed by atoms with Crippen molar-refractivity contribution in [3.63, 3.8) is 0 Å². The number of dihydropyridines is 1. The molecule has 1 heterocycles. The van der Waals surface area contributed by atoms with E-state index >= 15 is 0 Å². The van der Waals surface area contributed by atoms with Crippen molar-refractivity contribution in [2.75, 3.05) is 7.11 Å². The van der Waals surface area contributed by atoms with E-state index in [-0.39, 0.29) is 16.7 Å². The molecule has 1 N–H and O–H groups in total. The maximum Gasteiger partial charge on any atom is 0.337 e. The molecule has 0 aliphatic carbocycles. The molecule has 0 saturated carbocycles. The third-order valence-corrected chi connectivity index (χ3v) is 4.10. The summed E-state index contributed by atoms with van der Waals surface area (Å²) in [6.07, 6.45) is -0.484. The average Bonchev–Trinajstić information content (AvgIpc) is 2.58. The Bertz CT molecular complexity index is 859. The number of methoxy groups -OCH3 is 1. The summed E-state index contributed by atoms with van der Waals surface area (Å²) in [4.78, 5) is 25.0. The second-order valence-electron chi connectivity index (χ2n) is 6.35. The maximum atomic E-state index is 14.6. The highest BCUT2D eigenvalue weighted by Gasteiger charge is 2.40. The highest BCUT2D eigenvalue weighted by molar-refractivity contribution is 5.99. The van der Waals surface area contributed by atoms with Gasteiger partial charge < -0.3 is 14.8 Å². The van der Waals surface area contributed by atoms with Crippen molar-refractivity contribution in [1.29, 1.82) is 0 Å². The molecular weight excluding hydrogens is 363 g/mol. The Morgan fingerprint density at radius 3 is 2.07 bits per heavy atom. The second kappa shape index (κ2) is 7.85. The van der Waals surface area contributed by atoms with Crippen LogP contribution in [0, 0.1) is 17.5 Å². The number of ether oxygens (including phenoxy) is 2. The van der Waals surface area contributed by atoms with Crippen molar-refractivity contribution in [2.24, 2.45) is 0 Å². The first-order valence-electron chi connectivity index (χ1n) is 8.21. The van der Waals surface area contributed by atoms with Gasteiger partial charge in [-0.3, -0.25) is 0 Å². The highest BCUT2D eigenvalue weighted by Crippen LogP contribution is 2.40. The molecule has 1 atom stereocenters. The van der Waals surface area contributed by atoms with Crippen LogP contribution in [0.1, 0.15) is 39.2 Å². The lowest BCUT2D eigenvalue weighted by Crippen LogP contribution is -2.33. The number of rotatable bonds is 4. The Balaban J connectivity index is 2.76. The topological polar surface area (TPSA) is 64.6 Å².